The number of rotatable bonds is 4. The second-order valence-corrected chi connectivity index (χ2v) is 3.02. The highest BCUT2D eigenvalue weighted by Crippen LogP contribution is 2.17. The summed E-state index contributed by atoms with van der Waals surface area (Å²) in [6, 6.07) is 1.69. The molecule has 0 spiro atoms. The molecule has 0 unspecified atom stereocenters. The SMILES string of the molecule is COCc1cc(CC(=O)O)[nH]c1Cl. The molecule has 1 aromatic heterocycles. The van der Waals surface area contributed by atoms with Crippen LogP contribution in [0.4, 0.5) is 0 Å². The number of aliphatic carboxylic acids is 1. The average molecular weight is 204 g/mol. The highest BCUT2D eigenvalue weighted by Gasteiger charge is 2.08. The number of nitrogens with one attached hydrogen (secondary N) is 1. The molecule has 0 saturated heterocycles. The Kier molecular flexibility index (Phi) is 3.33. The summed E-state index contributed by atoms with van der Waals surface area (Å²) in [5.74, 6) is -0.887. The molecule has 72 valence electrons. The van der Waals surface area contributed by atoms with E-state index in [1.54, 1.807) is 13.2 Å². The van der Waals surface area contributed by atoms with Gasteiger partial charge in [0.25, 0.3) is 0 Å². The van der Waals surface area contributed by atoms with Crippen LogP contribution in [-0.2, 0) is 22.6 Å². The summed E-state index contributed by atoms with van der Waals surface area (Å²) in [5.41, 5.74) is 1.37. The number of methoxy groups -OCH3 is 1. The van der Waals surface area contributed by atoms with Crippen LogP contribution in [0, 0.1) is 0 Å². The van der Waals surface area contributed by atoms with E-state index < -0.39 is 5.97 Å². The van der Waals surface area contributed by atoms with Gasteiger partial charge in [-0.25, -0.2) is 0 Å². The number of carboxylic acid groups (broad SMARTS) is 1. The number of aromatic nitrogens is 1. The fourth-order valence-electron chi connectivity index (χ4n) is 1.05. The number of hydrogen-bond donors (Lipinski definition) is 2. The Labute approximate surface area is 80.5 Å². The van der Waals surface area contributed by atoms with E-state index in [4.69, 9.17) is 21.4 Å². The number of hydrogen-bond acceptors (Lipinski definition) is 2. The number of halogens is 1. The Hall–Kier alpha value is -1.00. The van der Waals surface area contributed by atoms with Crippen LogP contribution < -0.4 is 0 Å². The van der Waals surface area contributed by atoms with Crippen LogP contribution in [0.2, 0.25) is 5.15 Å². The van der Waals surface area contributed by atoms with Crippen LogP contribution >= 0.6 is 11.6 Å². The zero-order valence-electron chi connectivity index (χ0n) is 7.13. The van der Waals surface area contributed by atoms with E-state index in [-0.39, 0.29) is 6.42 Å². The first kappa shape index (κ1) is 10.1. The number of H-pyrrole nitrogens is 1. The van der Waals surface area contributed by atoms with Gasteiger partial charge in [-0.15, -0.1) is 0 Å². The quantitative estimate of drug-likeness (QED) is 0.779. The fraction of sp³-hybridized carbons (Fsp3) is 0.375. The Balaban J connectivity index is 2.76. The second kappa shape index (κ2) is 4.30. The van der Waals surface area contributed by atoms with E-state index in [9.17, 15) is 4.79 Å². The highest BCUT2D eigenvalue weighted by atomic mass is 35.5. The molecule has 0 aliphatic heterocycles. The van der Waals surface area contributed by atoms with Crippen molar-refractivity contribution >= 4 is 17.6 Å². The van der Waals surface area contributed by atoms with Crippen molar-refractivity contribution in [3.8, 4) is 0 Å². The van der Waals surface area contributed by atoms with Gasteiger partial charge in [0.1, 0.15) is 5.15 Å². The Morgan fingerprint density at radius 1 is 1.77 bits per heavy atom. The zero-order valence-corrected chi connectivity index (χ0v) is 7.89. The van der Waals surface area contributed by atoms with Crippen molar-refractivity contribution in [2.75, 3.05) is 7.11 Å². The van der Waals surface area contributed by atoms with Gasteiger partial charge >= 0.3 is 5.97 Å². The van der Waals surface area contributed by atoms with Crippen molar-refractivity contribution in [2.45, 2.75) is 13.0 Å². The first-order chi connectivity index (χ1) is 6.13. The molecular weight excluding hydrogens is 194 g/mol. The molecule has 4 nitrogen and oxygen atoms in total. The summed E-state index contributed by atoms with van der Waals surface area (Å²) in [4.78, 5) is 13.1. The maximum Gasteiger partial charge on any atom is 0.309 e. The third-order valence-electron chi connectivity index (χ3n) is 1.54. The smallest absolute Gasteiger partial charge is 0.309 e. The largest absolute Gasteiger partial charge is 0.481 e. The van der Waals surface area contributed by atoms with Crippen LogP contribution in [0.15, 0.2) is 6.07 Å². The maximum absolute atomic E-state index is 10.4. The summed E-state index contributed by atoms with van der Waals surface area (Å²) in [7, 11) is 1.56. The van der Waals surface area contributed by atoms with Gasteiger partial charge in [-0.2, -0.15) is 0 Å². The van der Waals surface area contributed by atoms with Crippen LogP contribution in [0.25, 0.3) is 0 Å². The van der Waals surface area contributed by atoms with Crippen molar-refractivity contribution in [1.82, 2.24) is 4.98 Å². The normalized spacial score (nSPS) is 10.3. The van der Waals surface area contributed by atoms with Crippen LogP contribution in [0.5, 0.6) is 0 Å². The number of aromatic amines is 1. The van der Waals surface area contributed by atoms with Gasteiger partial charge in [0.2, 0.25) is 0 Å². The Bertz CT molecular complexity index is 308. The zero-order chi connectivity index (χ0) is 9.84. The first-order valence-electron chi connectivity index (χ1n) is 3.70. The van der Waals surface area contributed by atoms with Gasteiger partial charge in [0.15, 0.2) is 0 Å². The molecule has 5 heteroatoms. The summed E-state index contributed by atoms with van der Waals surface area (Å²) in [6.07, 6.45) is -0.0521. The van der Waals surface area contributed by atoms with Gasteiger partial charge in [-0.3, -0.25) is 4.79 Å². The van der Waals surface area contributed by atoms with E-state index in [0.717, 1.165) is 5.56 Å². The topological polar surface area (TPSA) is 62.3 Å². The minimum absolute atomic E-state index is 0.0521. The van der Waals surface area contributed by atoms with Crippen LogP contribution in [0.3, 0.4) is 0 Å². The molecular formula is C8H10ClNO3. The minimum Gasteiger partial charge on any atom is -0.481 e. The molecule has 13 heavy (non-hydrogen) atoms. The fourth-order valence-corrected chi connectivity index (χ4v) is 1.28. The van der Waals surface area contributed by atoms with Crippen LogP contribution in [0.1, 0.15) is 11.3 Å². The van der Waals surface area contributed by atoms with E-state index in [2.05, 4.69) is 4.98 Å². The monoisotopic (exact) mass is 203 g/mol. The lowest BCUT2D eigenvalue weighted by atomic mass is 10.3. The molecule has 0 saturated carbocycles. The average Bonchev–Trinajstić information content (AvgIpc) is 2.31. The lowest BCUT2D eigenvalue weighted by Gasteiger charge is -1.93. The van der Waals surface area contributed by atoms with Gasteiger partial charge in [-0.05, 0) is 6.07 Å². The summed E-state index contributed by atoms with van der Waals surface area (Å²) in [5, 5.41) is 8.95. The van der Waals surface area contributed by atoms with E-state index in [1.807, 2.05) is 0 Å². The minimum atomic E-state index is -0.887. The molecule has 0 bridgehead atoms. The lowest BCUT2D eigenvalue weighted by Crippen LogP contribution is -1.99. The van der Waals surface area contributed by atoms with Crippen molar-refractivity contribution in [1.29, 1.82) is 0 Å². The molecule has 0 aromatic carbocycles. The highest BCUT2D eigenvalue weighted by molar-refractivity contribution is 6.30. The number of ether oxygens (including phenoxy) is 1. The molecule has 0 fully saturated rings. The predicted octanol–water partition coefficient (Wildman–Crippen LogP) is 1.44. The van der Waals surface area contributed by atoms with Crippen molar-refractivity contribution < 1.29 is 14.6 Å². The summed E-state index contributed by atoms with van der Waals surface area (Å²) >= 11 is 5.78. The van der Waals surface area contributed by atoms with E-state index in [1.165, 1.54) is 0 Å². The summed E-state index contributed by atoms with van der Waals surface area (Å²) in [6.45, 7) is 0.384. The third-order valence-corrected chi connectivity index (χ3v) is 1.88. The molecule has 0 amide bonds. The molecule has 1 aromatic rings. The Morgan fingerprint density at radius 3 is 3.00 bits per heavy atom. The molecule has 0 aliphatic rings. The molecule has 0 aliphatic carbocycles. The Morgan fingerprint density at radius 2 is 2.46 bits per heavy atom. The van der Waals surface area contributed by atoms with Gasteiger partial charge in [-0.1, -0.05) is 11.6 Å². The lowest BCUT2D eigenvalue weighted by molar-refractivity contribution is -0.136. The van der Waals surface area contributed by atoms with Crippen molar-refractivity contribution in [2.24, 2.45) is 0 Å². The van der Waals surface area contributed by atoms with Crippen LogP contribution in [-0.4, -0.2) is 23.2 Å². The van der Waals surface area contributed by atoms with E-state index in [0.29, 0.717) is 17.5 Å². The standard InChI is InChI=1S/C8H10ClNO3/c1-13-4-5-2-6(3-7(11)12)10-8(5)9/h2,10H,3-4H2,1H3,(H,11,12). The molecule has 1 rings (SSSR count). The van der Waals surface area contributed by atoms with Crippen molar-refractivity contribution in [3.05, 3.63) is 22.5 Å². The molecule has 2 N–H and O–H groups in total. The second-order valence-electron chi connectivity index (χ2n) is 2.64. The van der Waals surface area contributed by atoms with Gasteiger partial charge < -0.3 is 14.8 Å². The maximum atomic E-state index is 10.4. The molecule has 0 atom stereocenters. The first-order valence-corrected chi connectivity index (χ1v) is 4.08. The van der Waals surface area contributed by atoms with Crippen molar-refractivity contribution in [3.63, 3.8) is 0 Å². The van der Waals surface area contributed by atoms with E-state index >= 15 is 0 Å². The number of carbonyl (C=O) groups is 1. The molecule has 0 radical (unpaired) electrons. The van der Waals surface area contributed by atoms with Gasteiger partial charge in [0.05, 0.1) is 13.0 Å². The molecule has 1 heterocycles. The predicted molar refractivity (Wildman–Crippen MR) is 47.9 cm³/mol. The third kappa shape index (κ3) is 2.75. The summed E-state index contributed by atoms with van der Waals surface area (Å²) < 4.78 is 4.88. The number of carboxylic acids is 1. The van der Waals surface area contributed by atoms with Gasteiger partial charge in [0, 0.05) is 18.4 Å².